The first-order valence-corrected chi connectivity index (χ1v) is 7.77. The van der Waals surface area contributed by atoms with Crippen LogP contribution in [-0.4, -0.2) is 17.8 Å². The van der Waals surface area contributed by atoms with E-state index in [1.54, 1.807) is 0 Å². The van der Waals surface area contributed by atoms with E-state index < -0.39 is 12.1 Å². The number of nitrogens with two attached hydrogens (primary N) is 1. The first-order chi connectivity index (χ1) is 10.2. The number of ether oxygens (including phenoxy) is 1. The van der Waals surface area contributed by atoms with Crippen LogP contribution in [0.5, 0.6) is 5.75 Å². The Labute approximate surface area is 138 Å². The molecule has 0 aliphatic rings. The normalized spacial score (nSPS) is 13.5. The van der Waals surface area contributed by atoms with Gasteiger partial charge < -0.3 is 15.6 Å². The number of aliphatic hydroxyl groups excluding tert-OH is 1. The van der Waals surface area contributed by atoms with Gasteiger partial charge in [-0.2, -0.15) is 0 Å². The predicted molar refractivity (Wildman–Crippen MR) is 94.8 cm³/mol. The second kappa shape index (κ2) is 8.99. The van der Waals surface area contributed by atoms with Crippen LogP contribution < -0.4 is 10.5 Å². The third-order valence-electron chi connectivity index (χ3n) is 3.83. The van der Waals surface area contributed by atoms with Crippen LogP contribution in [0.4, 0.5) is 0 Å². The summed E-state index contributed by atoms with van der Waals surface area (Å²) in [4.78, 5) is 0. The number of fused-ring (bicyclic) bond motifs is 1. The van der Waals surface area contributed by atoms with Gasteiger partial charge in [0.15, 0.2) is 0 Å². The molecule has 0 bridgehead atoms. The molecule has 122 valence electrons. The van der Waals surface area contributed by atoms with Crippen molar-refractivity contribution in [1.82, 2.24) is 0 Å². The molecule has 3 N–H and O–H groups in total. The number of benzene rings is 2. The van der Waals surface area contributed by atoms with Crippen LogP contribution in [0.15, 0.2) is 36.4 Å². The maximum atomic E-state index is 10.4. The minimum atomic E-state index is -0.546. The van der Waals surface area contributed by atoms with Crippen molar-refractivity contribution in [2.45, 2.75) is 45.3 Å². The number of rotatable bonds is 7. The van der Waals surface area contributed by atoms with Gasteiger partial charge >= 0.3 is 0 Å². The fourth-order valence-electron chi connectivity index (χ4n) is 2.69. The average Bonchev–Trinajstić information content (AvgIpc) is 2.52. The van der Waals surface area contributed by atoms with Crippen LogP contribution in [0.1, 0.15) is 44.7 Å². The lowest BCUT2D eigenvalue weighted by molar-refractivity contribution is 0.131. The SMILES string of the molecule is CCCC[C@H](O)[C@H](N)c1c(OCC)ccc2ccccc12.Cl. The number of hydrogen-bond donors (Lipinski definition) is 2. The summed E-state index contributed by atoms with van der Waals surface area (Å²) >= 11 is 0. The second-order valence-electron chi connectivity index (χ2n) is 5.37. The number of aliphatic hydroxyl groups is 1. The zero-order valence-corrected chi connectivity index (χ0v) is 14.1. The summed E-state index contributed by atoms with van der Waals surface area (Å²) in [5, 5.41) is 12.6. The molecule has 0 saturated heterocycles. The van der Waals surface area contributed by atoms with Gasteiger partial charge in [0, 0.05) is 5.56 Å². The molecule has 2 aromatic carbocycles. The Morgan fingerprint density at radius 3 is 2.55 bits per heavy atom. The maximum Gasteiger partial charge on any atom is 0.124 e. The molecule has 0 aromatic heterocycles. The van der Waals surface area contributed by atoms with Crippen molar-refractivity contribution in [3.63, 3.8) is 0 Å². The lowest BCUT2D eigenvalue weighted by Crippen LogP contribution is -2.27. The Kier molecular flexibility index (Phi) is 7.66. The van der Waals surface area contributed by atoms with Crippen LogP contribution in [0, 0.1) is 0 Å². The molecule has 0 amide bonds. The third kappa shape index (κ3) is 4.13. The molecule has 0 heterocycles. The van der Waals surface area contributed by atoms with E-state index in [-0.39, 0.29) is 12.4 Å². The van der Waals surface area contributed by atoms with E-state index >= 15 is 0 Å². The van der Waals surface area contributed by atoms with Gasteiger partial charge in [-0.1, -0.05) is 50.1 Å². The van der Waals surface area contributed by atoms with Crippen molar-refractivity contribution < 1.29 is 9.84 Å². The van der Waals surface area contributed by atoms with E-state index in [0.29, 0.717) is 13.0 Å². The minimum absolute atomic E-state index is 0. The summed E-state index contributed by atoms with van der Waals surface area (Å²) in [6, 6.07) is 11.7. The van der Waals surface area contributed by atoms with E-state index in [2.05, 4.69) is 13.0 Å². The molecule has 2 atom stereocenters. The van der Waals surface area contributed by atoms with E-state index in [4.69, 9.17) is 10.5 Å². The molecular weight excluding hydrogens is 298 g/mol. The molecule has 22 heavy (non-hydrogen) atoms. The molecular formula is C18H26ClNO2. The van der Waals surface area contributed by atoms with Crippen molar-refractivity contribution in [3.05, 3.63) is 42.0 Å². The molecule has 2 aromatic rings. The number of hydrogen-bond acceptors (Lipinski definition) is 3. The number of unbranched alkanes of at least 4 members (excludes halogenated alkanes) is 1. The molecule has 0 radical (unpaired) electrons. The number of halogens is 1. The van der Waals surface area contributed by atoms with Gasteiger partial charge in [-0.3, -0.25) is 0 Å². The fraction of sp³-hybridized carbons (Fsp3) is 0.444. The minimum Gasteiger partial charge on any atom is -0.494 e. The molecule has 0 spiro atoms. The van der Waals surface area contributed by atoms with E-state index in [0.717, 1.165) is 34.9 Å². The van der Waals surface area contributed by atoms with Crippen molar-refractivity contribution in [2.24, 2.45) is 5.73 Å². The Bertz CT molecular complexity index is 588. The van der Waals surface area contributed by atoms with Crippen molar-refractivity contribution in [1.29, 1.82) is 0 Å². The summed E-state index contributed by atoms with van der Waals surface area (Å²) in [5.41, 5.74) is 7.26. The first-order valence-electron chi connectivity index (χ1n) is 7.77. The molecule has 0 unspecified atom stereocenters. The van der Waals surface area contributed by atoms with Crippen LogP contribution in [0.3, 0.4) is 0 Å². The van der Waals surface area contributed by atoms with Crippen molar-refractivity contribution in [3.8, 4) is 5.75 Å². The standard InChI is InChI=1S/C18H25NO2.ClH/c1-3-5-10-15(20)18(19)17-14-9-7-6-8-13(14)11-12-16(17)21-4-2;/h6-9,11-12,15,18,20H,3-5,10,19H2,1-2H3;1H/t15-,18-;/m0./s1. The lowest BCUT2D eigenvalue weighted by atomic mass is 9.93. The van der Waals surface area contributed by atoms with Crippen LogP contribution >= 0.6 is 12.4 Å². The second-order valence-corrected chi connectivity index (χ2v) is 5.37. The van der Waals surface area contributed by atoms with Gasteiger partial charge in [-0.25, -0.2) is 0 Å². The largest absolute Gasteiger partial charge is 0.494 e. The molecule has 0 fully saturated rings. The predicted octanol–water partition coefficient (Wildman–Crippen LogP) is 4.21. The Morgan fingerprint density at radius 1 is 1.14 bits per heavy atom. The highest BCUT2D eigenvalue weighted by Gasteiger charge is 2.22. The summed E-state index contributed by atoms with van der Waals surface area (Å²) in [6.07, 6.45) is 2.20. The molecule has 0 saturated carbocycles. The van der Waals surface area contributed by atoms with Gasteiger partial charge in [-0.15, -0.1) is 12.4 Å². The topological polar surface area (TPSA) is 55.5 Å². The van der Waals surface area contributed by atoms with Crippen molar-refractivity contribution >= 4 is 23.2 Å². The Hall–Kier alpha value is -1.29. The average molecular weight is 324 g/mol. The Balaban J connectivity index is 0.00000242. The van der Waals surface area contributed by atoms with Gasteiger partial charge in [0.2, 0.25) is 0 Å². The van der Waals surface area contributed by atoms with E-state index in [1.807, 2.05) is 37.3 Å². The smallest absolute Gasteiger partial charge is 0.124 e. The molecule has 2 rings (SSSR count). The highest BCUT2D eigenvalue weighted by molar-refractivity contribution is 5.88. The van der Waals surface area contributed by atoms with Gasteiger partial charge in [-0.05, 0) is 30.2 Å². The van der Waals surface area contributed by atoms with Crippen LogP contribution in [0.2, 0.25) is 0 Å². The zero-order chi connectivity index (χ0) is 15.2. The van der Waals surface area contributed by atoms with E-state index in [1.165, 1.54) is 0 Å². The molecule has 0 aliphatic heterocycles. The third-order valence-corrected chi connectivity index (χ3v) is 3.83. The van der Waals surface area contributed by atoms with Gasteiger partial charge in [0.1, 0.15) is 5.75 Å². The quantitative estimate of drug-likeness (QED) is 0.802. The summed E-state index contributed by atoms with van der Waals surface area (Å²) in [5.74, 6) is 0.777. The zero-order valence-electron chi connectivity index (χ0n) is 13.3. The van der Waals surface area contributed by atoms with Crippen molar-refractivity contribution in [2.75, 3.05) is 6.61 Å². The lowest BCUT2D eigenvalue weighted by Gasteiger charge is -2.23. The van der Waals surface area contributed by atoms with Crippen LogP contribution in [-0.2, 0) is 0 Å². The molecule has 4 heteroatoms. The summed E-state index contributed by atoms with van der Waals surface area (Å²) in [6.45, 7) is 4.66. The maximum absolute atomic E-state index is 10.4. The van der Waals surface area contributed by atoms with E-state index in [9.17, 15) is 5.11 Å². The fourth-order valence-corrected chi connectivity index (χ4v) is 2.69. The highest BCUT2D eigenvalue weighted by atomic mass is 35.5. The highest BCUT2D eigenvalue weighted by Crippen LogP contribution is 2.34. The van der Waals surface area contributed by atoms with Gasteiger partial charge in [0.25, 0.3) is 0 Å². The Morgan fingerprint density at radius 2 is 1.86 bits per heavy atom. The molecule has 3 nitrogen and oxygen atoms in total. The van der Waals surface area contributed by atoms with Gasteiger partial charge in [0.05, 0.1) is 18.8 Å². The monoisotopic (exact) mass is 323 g/mol. The summed E-state index contributed by atoms with van der Waals surface area (Å²) < 4.78 is 5.73. The molecule has 0 aliphatic carbocycles. The van der Waals surface area contributed by atoms with Crippen LogP contribution in [0.25, 0.3) is 10.8 Å². The summed E-state index contributed by atoms with van der Waals surface area (Å²) in [7, 11) is 0. The first kappa shape index (κ1) is 18.8.